The van der Waals surface area contributed by atoms with Crippen LogP contribution in [0.5, 0.6) is 46.0 Å². The Balaban J connectivity index is 1.72. The zero-order valence-corrected chi connectivity index (χ0v) is 23.3. The van der Waals surface area contributed by atoms with Crippen LogP contribution >= 0.6 is 0 Å². The van der Waals surface area contributed by atoms with Crippen molar-refractivity contribution in [2.24, 2.45) is 0 Å². The monoisotopic (exact) mass is 535 g/mol. The molecule has 1 aliphatic heterocycles. The Labute approximate surface area is 228 Å². The molecule has 0 saturated carbocycles. The normalized spacial score (nSPS) is 15.5. The molecule has 39 heavy (non-hydrogen) atoms. The maximum Gasteiger partial charge on any atom is 0.204 e. The van der Waals surface area contributed by atoms with E-state index in [9.17, 15) is 4.79 Å². The lowest BCUT2D eigenvalue weighted by Crippen LogP contribution is -2.36. The summed E-state index contributed by atoms with van der Waals surface area (Å²) < 4.78 is 40.5. The molecule has 206 valence electrons. The van der Waals surface area contributed by atoms with Crippen molar-refractivity contribution in [2.75, 3.05) is 56.3 Å². The summed E-state index contributed by atoms with van der Waals surface area (Å²) in [7, 11) is 11.7. The van der Waals surface area contributed by atoms with Crippen molar-refractivity contribution in [1.82, 2.24) is 4.90 Å². The van der Waals surface area contributed by atoms with Gasteiger partial charge in [-0.15, -0.1) is 0 Å². The largest absolute Gasteiger partial charge is 0.493 e. The van der Waals surface area contributed by atoms with Gasteiger partial charge in [0.15, 0.2) is 40.8 Å². The summed E-state index contributed by atoms with van der Waals surface area (Å²) in [6, 6.07) is 7.27. The Bertz CT molecular complexity index is 1430. The molecule has 3 aromatic carbocycles. The van der Waals surface area contributed by atoms with Crippen LogP contribution in [0, 0.1) is 0 Å². The summed E-state index contributed by atoms with van der Waals surface area (Å²) in [5.41, 5.74) is 5.65. The van der Waals surface area contributed by atoms with Crippen LogP contribution in [0.4, 0.5) is 0 Å². The molecular weight excluding hydrogens is 502 g/mol. The summed E-state index contributed by atoms with van der Waals surface area (Å²) in [6.45, 7) is 0.881. The van der Waals surface area contributed by atoms with Gasteiger partial charge in [-0.2, -0.15) is 0 Å². The molecule has 5 rings (SSSR count). The molecule has 1 aliphatic carbocycles. The molecule has 0 bridgehead atoms. The van der Waals surface area contributed by atoms with Crippen molar-refractivity contribution in [3.8, 4) is 57.1 Å². The number of rotatable bonds is 9. The van der Waals surface area contributed by atoms with E-state index in [0.29, 0.717) is 45.8 Å². The summed E-state index contributed by atoms with van der Waals surface area (Å²) >= 11 is 0. The Hall–Kier alpha value is -4.11. The van der Waals surface area contributed by atoms with E-state index in [-0.39, 0.29) is 6.04 Å². The van der Waals surface area contributed by atoms with Crippen molar-refractivity contribution in [2.45, 2.75) is 18.9 Å². The molecule has 0 unspecified atom stereocenters. The van der Waals surface area contributed by atoms with Crippen molar-refractivity contribution in [3.05, 3.63) is 46.5 Å². The fourth-order valence-corrected chi connectivity index (χ4v) is 5.78. The predicted octanol–water partition coefficient (Wildman–Crippen LogP) is 5.10. The molecule has 9 heteroatoms. The first-order valence-corrected chi connectivity index (χ1v) is 12.6. The highest BCUT2D eigenvalue weighted by Crippen LogP contribution is 2.58. The first-order chi connectivity index (χ1) is 18.9. The molecule has 0 amide bonds. The standard InChI is InChI=1S/C30H33NO8/c1-31-9-8-18-26-20(31)10-16-11-25(39-21-14-24(35-4)22(33-2)12-17(21)15-32)23(34-3)13-19(16)27(26)29(37-6)30(38-7)28(18)36-5/h11-15,20H,8-10H2,1-7H3/t20-/m1/s1. The average Bonchev–Trinajstić information content (AvgIpc) is 2.97. The molecule has 0 N–H and O–H groups in total. The van der Waals surface area contributed by atoms with E-state index in [1.54, 1.807) is 40.6 Å². The Kier molecular flexibility index (Phi) is 7.18. The molecule has 1 heterocycles. The van der Waals surface area contributed by atoms with Crippen LogP contribution in [0.1, 0.15) is 33.1 Å². The number of fused-ring (bicyclic) bond motifs is 2. The Morgan fingerprint density at radius 3 is 2.00 bits per heavy atom. The van der Waals surface area contributed by atoms with Crippen LogP contribution in [0.15, 0.2) is 24.3 Å². The van der Waals surface area contributed by atoms with E-state index in [4.69, 9.17) is 33.2 Å². The molecule has 3 aromatic rings. The van der Waals surface area contributed by atoms with Gasteiger partial charge in [0.25, 0.3) is 0 Å². The van der Waals surface area contributed by atoms with Crippen LogP contribution < -0.4 is 33.2 Å². The second-order valence-corrected chi connectivity index (χ2v) is 9.44. The number of hydrogen-bond acceptors (Lipinski definition) is 9. The lowest BCUT2D eigenvalue weighted by Gasteiger charge is -2.41. The minimum Gasteiger partial charge on any atom is -0.493 e. The number of benzene rings is 3. The van der Waals surface area contributed by atoms with Gasteiger partial charge in [-0.25, -0.2) is 0 Å². The summed E-state index contributed by atoms with van der Waals surface area (Å²) in [4.78, 5) is 14.3. The van der Waals surface area contributed by atoms with E-state index in [1.165, 1.54) is 19.8 Å². The second-order valence-electron chi connectivity index (χ2n) is 9.44. The van der Waals surface area contributed by atoms with Crippen molar-refractivity contribution >= 4 is 6.29 Å². The zero-order valence-electron chi connectivity index (χ0n) is 23.3. The van der Waals surface area contributed by atoms with Gasteiger partial charge in [0.1, 0.15) is 5.75 Å². The maximum atomic E-state index is 11.9. The van der Waals surface area contributed by atoms with Crippen molar-refractivity contribution in [3.63, 3.8) is 0 Å². The topological polar surface area (TPSA) is 84.9 Å². The first-order valence-electron chi connectivity index (χ1n) is 12.6. The van der Waals surface area contributed by atoms with Crippen LogP contribution in [-0.4, -0.2) is 67.4 Å². The lowest BCUT2D eigenvalue weighted by atomic mass is 9.76. The van der Waals surface area contributed by atoms with Crippen LogP contribution in [0.3, 0.4) is 0 Å². The van der Waals surface area contributed by atoms with Gasteiger partial charge in [0.2, 0.25) is 5.75 Å². The number of likely N-dealkylation sites (N-methyl/N-ethyl adjacent to an activating group) is 1. The zero-order chi connectivity index (χ0) is 27.8. The van der Waals surface area contributed by atoms with Gasteiger partial charge >= 0.3 is 0 Å². The third-order valence-electron chi connectivity index (χ3n) is 7.64. The molecule has 9 nitrogen and oxygen atoms in total. The highest BCUT2D eigenvalue weighted by atomic mass is 16.5. The van der Waals surface area contributed by atoms with Crippen molar-refractivity contribution < 1.29 is 38.0 Å². The highest BCUT2D eigenvalue weighted by Gasteiger charge is 2.39. The van der Waals surface area contributed by atoms with Crippen LogP contribution in [-0.2, 0) is 12.8 Å². The third kappa shape index (κ3) is 4.17. The van der Waals surface area contributed by atoms with Crippen molar-refractivity contribution in [1.29, 1.82) is 0 Å². The first kappa shape index (κ1) is 26.5. The average molecular weight is 536 g/mol. The minimum atomic E-state index is 0.109. The van der Waals surface area contributed by atoms with Gasteiger partial charge in [-0.05, 0) is 54.8 Å². The fraction of sp³-hybridized carbons (Fsp3) is 0.367. The lowest BCUT2D eigenvalue weighted by molar-refractivity contribution is 0.112. The van der Waals surface area contributed by atoms with Gasteiger partial charge in [-0.1, -0.05) is 0 Å². The molecule has 0 radical (unpaired) electrons. The maximum absolute atomic E-state index is 11.9. The molecule has 0 fully saturated rings. The minimum absolute atomic E-state index is 0.109. The predicted molar refractivity (Wildman–Crippen MR) is 146 cm³/mol. The Morgan fingerprint density at radius 1 is 0.744 bits per heavy atom. The van der Waals surface area contributed by atoms with Gasteiger partial charge in [-0.3, -0.25) is 9.69 Å². The quantitative estimate of drug-likeness (QED) is 0.348. The number of carbonyl (C=O) groups excluding carboxylic acids is 1. The van der Waals surface area contributed by atoms with E-state index in [2.05, 4.69) is 11.9 Å². The van der Waals surface area contributed by atoms with E-state index in [0.717, 1.165) is 53.7 Å². The van der Waals surface area contributed by atoms with Gasteiger partial charge in [0.05, 0.1) is 48.2 Å². The number of hydrogen-bond donors (Lipinski definition) is 0. The highest BCUT2D eigenvalue weighted by molar-refractivity contribution is 5.87. The number of methoxy groups -OCH3 is 6. The number of aldehydes is 1. The van der Waals surface area contributed by atoms with E-state index < -0.39 is 0 Å². The van der Waals surface area contributed by atoms with Gasteiger partial charge in [0, 0.05) is 29.8 Å². The SMILES string of the molecule is COc1cc(C=O)c(Oc2cc3c(cc2OC)-c2c(OC)c(OC)c(OC)c4c2[C@@H](C3)N(C)CC4)cc1OC. The summed E-state index contributed by atoms with van der Waals surface area (Å²) in [5, 5.41) is 0. The van der Waals surface area contributed by atoms with E-state index >= 15 is 0 Å². The number of ether oxygens (including phenoxy) is 7. The molecule has 2 aliphatic rings. The van der Waals surface area contributed by atoms with Crippen LogP contribution in [0.25, 0.3) is 11.1 Å². The summed E-state index contributed by atoms with van der Waals surface area (Å²) in [6.07, 6.45) is 2.30. The van der Waals surface area contributed by atoms with Crippen LogP contribution in [0.2, 0.25) is 0 Å². The third-order valence-corrected chi connectivity index (χ3v) is 7.64. The second kappa shape index (κ2) is 10.6. The molecule has 0 aromatic heterocycles. The molecule has 0 saturated heterocycles. The fourth-order valence-electron chi connectivity index (χ4n) is 5.78. The Morgan fingerprint density at radius 2 is 1.38 bits per heavy atom. The van der Waals surface area contributed by atoms with Gasteiger partial charge < -0.3 is 33.2 Å². The molecule has 0 spiro atoms. The van der Waals surface area contributed by atoms with E-state index in [1.807, 2.05) is 12.1 Å². The number of carbonyl (C=O) groups is 1. The summed E-state index contributed by atoms with van der Waals surface area (Å²) in [5.74, 6) is 4.12. The number of nitrogens with zero attached hydrogens (tertiary/aromatic N) is 1. The molecular formula is C30H33NO8. The smallest absolute Gasteiger partial charge is 0.204 e. The molecule has 1 atom stereocenters.